The molecule has 0 amide bonds. The van der Waals surface area contributed by atoms with Gasteiger partial charge in [-0.2, -0.15) is 0 Å². The van der Waals surface area contributed by atoms with Gasteiger partial charge in [0, 0.05) is 22.3 Å². The summed E-state index contributed by atoms with van der Waals surface area (Å²) in [6.07, 6.45) is 1.01. The van der Waals surface area contributed by atoms with E-state index < -0.39 is 0 Å². The summed E-state index contributed by atoms with van der Waals surface area (Å²) >= 11 is 0. The Bertz CT molecular complexity index is 2870. The molecule has 8 aromatic carbocycles. The first-order valence-electron chi connectivity index (χ1n) is 23.9. The molecule has 0 bridgehead atoms. The normalized spacial score (nSPS) is 9.88. The topological polar surface area (TPSA) is 25.8 Å². The molecule has 0 fully saturated rings. The fourth-order valence-corrected chi connectivity index (χ4v) is 7.70. The van der Waals surface area contributed by atoms with Crippen LogP contribution in [0.3, 0.4) is 0 Å². The third kappa shape index (κ3) is 13.3. The number of aryl methyl sites for hydroxylation is 3. The highest BCUT2D eigenvalue weighted by Crippen LogP contribution is 2.36. The van der Waals surface area contributed by atoms with Gasteiger partial charge in [0.2, 0.25) is 0 Å². The van der Waals surface area contributed by atoms with Crippen LogP contribution in [0.4, 0.5) is 0 Å². The van der Waals surface area contributed by atoms with Gasteiger partial charge in [-0.15, -0.1) is 13.2 Å². The summed E-state index contributed by atoms with van der Waals surface area (Å²) in [6, 6.07) is 68.3. The summed E-state index contributed by atoms with van der Waals surface area (Å²) in [4.78, 5) is 10.3. The average molecular weight is 879 g/mol. The lowest BCUT2D eigenvalue weighted by Gasteiger charge is -2.16. The van der Waals surface area contributed by atoms with E-state index in [1.165, 1.54) is 60.8 Å². The van der Waals surface area contributed by atoms with Crippen LogP contribution in [0.25, 0.3) is 72.5 Å². The lowest BCUT2D eigenvalue weighted by atomic mass is 9.94. The van der Waals surface area contributed by atoms with Crippen molar-refractivity contribution in [1.82, 2.24) is 9.97 Å². The molecule has 0 saturated carbocycles. The molecule has 0 spiro atoms. The van der Waals surface area contributed by atoms with E-state index in [1.54, 1.807) is 0 Å². The van der Waals surface area contributed by atoms with E-state index in [-0.39, 0.29) is 0 Å². The van der Waals surface area contributed by atoms with Crippen LogP contribution in [0.15, 0.2) is 214 Å². The monoisotopic (exact) mass is 879 g/mol. The van der Waals surface area contributed by atoms with Crippen molar-refractivity contribution in [2.45, 2.75) is 75.7 Å². The molecule has 0 N–H and O–H groups in total. The third-order valence-electron chi connectivity index (χ3n) is 11.2. The molecule has 67 heavy (non-hydrogen) atoms. The van der Waals surface area contributed by atoms with Crippen molar-refractivity contribution in [2.75, 3.05) is 0 Å². The van der Waals surface area contributed by atoms with E-state index in [9.17, 15) is 0 Å². The zero-order chi connectivity index (χ0) is 48.7. The molecule has 0 aliphatic rings. The van der Waals surface area contributed by atoms with Gasteiger partial charge in [-0.3, -0.25) is 0 Å². The van der Waals surface area contributed by atoms with Crippen LogP contribution in [0.5, 0.6) is 0 Å². The van der Waals surface area contributed by atoms with Gasteiger partial charge >= 0.3 is 0 Å². The summed E-state index contributed by atoms with van der Waals surface area (Å²) in [6.45, 7) is 30.9. The lowest BCUT2D eigenvalue weighted by molar-refractivity contribution is 1.13. The fourth-order valence-electron chi connectivity index (χ4n) is 7.70. The van der Waals surface area contributed by atoms with Crippen molar-refractivity contribution in [3.63, 3.8) is 0 Å². The van der Waals surface area contributed by atoms with E-state index in [0.717, 1.165) is 51.5 Å². The van der Waals surface area contributed by atoms with E-state index in [0.29, 0.717) is 0 Å². The number of hydrogen-bond acceptors (Lipinski definition) is 2. The van der Waals surface area contributed by atoms with Crippen LogP contribution in [-0.2, 0) is 6.42 Å². The van der Waals surface area contributed by atoms with Crippen LogP contribution in [0.2, 0.25) is 0 Å². The predicted octanol–water partition coefficient (Wildman–Crippen LogP) is 19.1. The maximum Gasteiger partial charge on any atom is 0.160 e. The Morgan fingerprint density at radius 1 is 0.418 bits per heavy atom. The number of benzene rings is 8. The molecular formula is C65H70N2. The van der Waals surface area contributed by atoms with Gasteiger partial charge in [0.15, 0.2) is 5.82 Å². The molecule has 0 radical (unpaired) electrons. The minimum Gasteiger partial charge on any atom is -0.228 e. The number of rotatable bonds is 8. The van der Waals surface area contributed by atoms with Crippen LogP contribution < -0.4 is 0 Å². The third-order valence-corrected chi connectivity index (χ3v) is 11.2. The summed E-state index contributed by atoms with van der Waals surface area (Å²) in [5, 5.41) is 2.46. The second kappa shape index (κ2) is 27.1. The first-order valence-corrected chi connectivity index (χ1v) is 23.9. The molecule has 2 nitrogen and oxygen atoms in total. The van der Waals surface area contributed by atoms with Crippen molar-refractivity contribution in [3.05, 3.63) is 247 Å². The smallest absolute Gasteiger partial charge is 0.160 e. The second-order valence-corrected chi connectivity index (χ2v) is 15.1. The van der Waals surface area contributed by atoms with E-state index in [4.69, 9.17) is 9.97 Å². The molecule has 0 aliphatic carbocycles. The van der Waals surface area contributed by atoms with E-state index in [1.807, 2.05) is 53.7 Å². The van der Waals surface area contributed by atoms with Gasteiger partial charge in [0.1, 0.15) is 0 Å². The van der Waals surface area contributed by atoms with Gasteiger partial charge in [0.25, 0.3) is 0 Å². The fraction of sp³-hybridized carbons (Fsp3) is 0.169. The van der Waals surface area contributed by atoms with Gasteiger partial charge in [-0.05, 0) is 99.7 Å². The molecule has 2 heteroatoms. The Kier molecular flexibility index (Phi) is 21.2. The van der Waals surface area contributed by atoms with E-state index >= 15 is 0 Å². The average Bonchev–Trinajstić information content (AvgIpc) is 3.41. The molecule has 9 rings (SSSR count). The zero-order valence-corrected chi connectivity index (χ0v) is 41.7. The van der Waals surface area contributed by atoms with Crippen LogP contribution in [-0.4, -0.2) is 9.97 Å². The summed E-state index contributed by atoms with van der Waals surface area (Å²) < 4.78 is 0. The Balaban J connectivity index is 0.000000286. The Hall–Kier alpha value is -7.42. The maximum absolute atomic E-state index is 5.18. The predicted molar refractivity (Wildman–Crippen MR) is 297 cm³/mol. The molecule has 0 atom stereocenters. The molecule has 0 aliphatic heterocycles. The van der Waals surface area contributed by atoms with Gasteiger partial charge in [-0.25, -0.2) is 9.97 Å². The highest BCUT2D eigenvalue weighted by Gasteiger charge is 2.18. The van der Waals surface area contributed by atoms with Gasteiger partial charge < -0.3 is 0 Å². The van der Waals surface area contributed by atoms with Crippen molar-refractivity contribution in [1.29, 1.82) is 0 Å². The Morgan fingerprint density at radius 2 is 0.836 bits per heavy atom. The number of aromatic nitrogens is 2. The molecule has 0 unspecified atom stereocenters. The van der Waals surface area contributed by atoms with Crippen LogP contribution >= 0.6 is 0 Å². The summed E-state index contributed by atoms with van der Waals surface area (Å²) in [5.74, 6) is 0.753. The van der Waals surface area contributed by atoms with E-state index in [2.05, 4.69) is 229 Å². The molecule has 9 aromatic rings. The second-order valence-electron chi connectivity index (χ2n) is 15.1. The van der Waals surface area contributed by atoms with Gasteiger partial charge in [-0.1, -0.05) is 243 Å². The molecule has 340 valence electrons. The Labute approximate surface area is 403 Å². The van der Waals surface area contributed by atoms with Crippen molar-refractivity contribution in [3.8, 4) is 56.2 Å². The Morgan fingerprint density at radius 3 is 1.36 bits per heavy atom. The van der Waals surface area contributed by atoms with Crippen molar-refractivity contribution < 1.29 is 0 Å². The quantitative estimate of drug-likeness (QED) is 0.142. The minimum absolute atomic E-state index is 0.753. The molecular weight excluding hydrogens is 809 g/mol. The minimum atomic E-state index is 0.753. The van der Waals surface area contributed by atoms with Gasteiger partial charge in [0.05, 0.1) is 11.4 Å². The SMILES string of the molecule is C=C.C=C(c1ccc(-c2ccccc2)cc1)c1ccccc1C.CC.CC.CC.CCc1ccc(-c2nc(-c3ccc(-c4ccccc4)cc3)c(C)c(-c3cc4ccccc4cc3C)n2)cc1. The van der Waals surface area contributed by atoms with Crippen LogP contribution in [0, 0.1) is 20.8 Å². The first-order chi connectivity index (χ1) is 32.9. The lowest BCUT2D eigenvalue weighted by Crippen LogP contribution is -2.01. The summed E-state index contributed by atoms with van der Waals surface area (Å²) in [7, 11) is 0. The maximum atomic E-state index is 5.18. The molecule has 1 heterocycles. The number of fused-ring (bicyclic) bond motifs is 1. The molecule has 1 aromatic heterocycles. The first kappa shape index (κ1) is 52.2. The molecule has 0 saturated heterocycles. The highest BCUT2D eigenvalue weighted by molar-refractivity contribution is 5.90. The number of hydrogen-bond donors (Lipinski definition) is 0. The zero-order valence-electron chi connectivity index (χ0n) is 41.7. The largest absolute Gasteiger partial charge is 0.228 e. The standard InChI is InChI=1S/C36H30N2.C21H18.3C2H6.C2H4/c1-4-26-14-16-30(17-15-26)36-37-34(29-20-18-28(19-21-29)27-10-6-5-7-11-27)25(3)35(38-36)33-23-32-13-9-8-12-31(32)22-24(33)2;1-16-8-6-7-11-21(16)17(2)18-12-14-20(15-13-18)19-9-4-3-5-10-19;4*1-2/h5-23H,4H2,1-3H3;3-15H,2H2,1H3;3*1-2H3;1-2H2. The van der Waals surface area contributed by atoms with Crippen molar-refractivity contribution in [2.24, 2.45) is 0 Å². The summed E-state index contributed by atoms with van der Waals surface area (Å²) in [5.41, 5.74) is 18.4. The van der Waals surface area contributed by atoms with Crippen LogP contribution in [0.1, 0.15) is 81.8 Å². The van der Waals surface area contributed by atoms with Crippen molar-refractivity contribution >= 4 is 16.3 Å². The highest BCUT2D eigenvalue weighted by atomic mass is 14.9. The number of nitrogens with zero attached hydrogens (tertiary/aromatic N) is 2.